The topological polar surface area (TPSA) is 115 Å². The molecule has 0 aliphatic heterocycles. The van der Waals surface area contributed by atoms with Crippen LogP contribution >= 0.6 is 27.7 Å². The van der Waals surface area contributed by atoms with E-state index in [1.165, 1.54) is 18.2 Å². The van der Waals surface area contributed by atoms with Gasteiger partial charge in [-0.25, -0.2) is 13.6 Å². The number of nitrogens with two attached hydrogens (primary N) is 2. The van der Waals surface area contributed by atoms with Gasteiger partial charge in [0.25, 0.3) is 0 Å². The number of thioether (sulfide) groups is 1. The first-order chi connectivity index (χ1) is 9.25. The van der Waals surface area contributed by atoms with Gasteiger partial charge in [-0.15, -0.1) is 0 Å². The molecule has 0 bridgehead atoms. The largest absolute Gasteiger partial charge is 0.324 e. The van der Waals surface area contributed by atoms with Crippen molar-refractivity contribution in [2.75, 3.05) is 17.3 Å². The van der Waals surface area contributed by atoms with Crippen molar-refractivity contribution < 1.29 is 13.2 Å². The number of anilines is 1. The van der Waals surface area contributed by atoms with Crippen LogP contribution in [-0.4, -0.2) is 32.4 Å². The monoisotopic (exact) mass is 381 g/mol. The first kappa shape index (κ1) is 17.4. The molecule has 0 aromatic heterocycles. The van der Waals surface area contributed by atoms with Gasteiger partial charge >= 0.3 is 0 Å². The number of nitrogens with one attached hydrogen (secondary N) is 1. The van der Waals surface area contributed by atoms with Crippen molar-refractivity contribution in [1.82, 2.24) is 0 Å². The average Bonchev–Trinajstić information content (AvgIpc) is 2.36. The van der Waals surface area contributed by atoms with Crippen LogP contribution in [0.2, 0.25) is 0 Å². The Bertz CT molecular complexity index is 593. The third-order valence-electron chi connectivity index (χ3n) is 2.50. The molecule has 9 heteroatoms. The van der Waals surface area contributed by atoms with Crippen molar-refractivity contribution in [3.8, 4) is 0 Å². The zero-order chi connectivity index (χ0) is 15.3. The highest BCUT2D eigenvalue weighted by atomic mass is 79.9. The minimum Gasteiger partial charge on any atom is -0.324 e. The third kappa shape index (κ3) is 5.06. The van der Waals surface area contributed by atoms with Crippen molar-refractivity contribution in [2.45, 2.75) is 17.4 Å². The zero-order valence-electron chi connectivity index (χ0n) is 10.8. The molecule has 20 heavy (non-hydrogen) atoms. The van der Waals surface area contributed by atoms with Crippen molar-refractivity contribution in [3.05, 3.63) is 22.7 Å². The lowest BCUT2D eigenvalue weighted by atomic mass is 10.2. The van der Waals surface area contributed by atoms with Gasteiger partial charge in [-0.3, -0.25) is 4.79 Å². The Morgan fingerprint density at radius 1 is 1.50 bits per heavy atom. The van der Waals surface area contributed by atoms with Crippen LogP contribution in [0.4, 0.5) is 5.69 Å². The van der Waals surface area contributed by atoms with E-state index in [-0.39, 0.29) is 10.8 Å². The van der Waals surface area contributed by atoms with Crippen LogP contribution in [0.1, 0.15) is 6.42 Å². The normalized spacial score (nSPS) is 13.0. The third-order valence-corrected chi connectivity index (χ3v) is 4.71. The number of sulfonamides is 1. The maximum absolute atomic E-state index is 11.8. The molecule has 0 unspecified atom stereocenters. The van der Waals surface area contributed by atoms with Crippen LogP contribution in [0.3, 0.4) is 0 Å². The van der Waals surface area contributed by atoms with Crippen LogP contribution in [-0.2, 0) is 14.8 Å². The Hall–Kier alpha value is -0.610. The van der Waals surface area contributed by atoms with E-state index >= 15 is 0 Å². The number of carbonyl (C=O) groups is 1. The lowest BCUT2D eigenvalue weighted by molar-refractivity contribution is -0.117. The van der Waals surface area contributed by atoms with Crippen LogP contribution in [0.5, 0.6) is 0 Å². The van der Waals surface area contributed by atoms with Gasteiger partial charge in [-0.05, 0) is 52.6 Å². The summed E-state index contributed by atoms with van der Waals surface area (Å²) >= 11 is 4.80. The number of halogens is 1. The second-order valence-corrected chi connectivity index (χ2v) is 7.47. The van der Waals surface area contributed by atoms with Crippen LogP contribution in [0.25, 0.3) is 0 Å². The number of hydrogen-bond donors (Lipinski definition) is 3. The molecule has 1 atom stereocenters. The first-order valence-corrected chi connectivity index (χ1v) is 9.36. The quantitative estimate of drug-likeness (QED) is 0.682. The molecule has 6 nitrogen and oxygen atoms in total. The highest BCUT2D eigenvalue weighted by Gasteiger charge is 2.16. The molecule has 1 aromatic rings. The van der Waals surface area contributed by atoms with E-state index in [0.717, 1.165) is 5.75 Å². The maximum atomic E-state index is 11.8. The molecule has 0 heterocycles. The number of carbonyl (C=O) groups excluding carboxylic acids is 1. The summed E-state index contributed by atoms with van der Waals surface area (Å²) in [6.07, 6.45) is 2.51. The zero-order valence-corrected chi connectivity index (χ0v) is 14.0. The predicted octanol–water partition coefficient (Wildman–Crippen LogP) is 1.12. The van der Waals surface area contributed by atoms with Crippen LogP contribution in [0.15, 0.2) is 27.6 Å². The van der Waals surface area contributed by atoms with Gasteiger partial charge < -0.3 is 11.1 Å². The molecule has 1 aromatic carbocycles. The van der Waals surface area contributed by atoms with Crippen LogP contribution in [0, 0.1) is 0 Å². The summed E-state index contributed by atoms with van der Waals surface area (Å²) in [5.74, 6) is 0.475. The van der Waals surface area contributed by atoms with E-state index in [1.54, 1.807) is 11.8 Å². The van der Waals surface area contributed by atoms with Crippen molar-refractivity contribution in [3.63, 3.8) is 0 Å². The Morgan fingerprint density at radius 3 is 2.65 bits per heavy atom. The lowest BCUT2D eigenvalue weighted by Crippen LogP contribution is -2.36. The molecular weight excluding hydrogens is 366 g/mol. The van der Waals surface area contributed by atoms with Crippen molar-refractivity contribution in [1.29, 1.82) is 0 Å². The number of rotatable bonds is 6. The SMILES string of the molecule is CSCC[C@@H](N)C(=O)Nc1ccc(S(N)(=O)=O)cc1Br. The predicted molar refractivity (Wildman–Crippen MR) is 85.1 cm³/mol. The summed E-state index contributed by atoms with van der Waals surface area (Å²) in [7, 11) is -3.77. The fourth-order valence-corrected chi connectivity index (χ4v) is 3.03. The summed E-state index contributed by atoms with van der Waals surface area (Å²) in [4.78, 5) is 11.8. The van der Waals surface area contributed by atoms with Gasteiger partial charge in [0.15, 0.2) is 0 Å². The fraction of sp³-hybridized carbons (Fsp3) is 0.364. The van der Waals surface area contributed by atoms with Gasteiger partial charge in [-0.1, -0.05) is 0 Å². The fourth-order valence-electron chi connectivity index (χ4n) is 1.38. The molecule has 112 valence electrons. The molecule has 0 fully saturated rings. The summed E-state index contributed by atoms with van der Waals surface area (Å²) in [5.41, 5.74) is 6.19. The number of benzene rings is 1. The van der Waals surface area contributed by atoms with E-state index in [4.69, 9.17) is 10.9 Å². The molecule has 5 N–H and O–H groups in total. The summed E-state index contributed by atoms with van der Waals surface area (Å²) in [5, 5.41) is 7.66. The van der Waals surface area contributed by atoms with E-state index in [0.29, 0.717) is 16.6 Å². The van der Waals surface area contributed by atoms with E-state index in [2.05, 4.69) is 21.2 Å². The van der Waals surface area contributed by atoms with Crippen molar-refractivity contribution >= 4 is 49.3 Å². The molecule has 0 spiro atoms. The molecule has 0 aliphatic rings. The molecule has 0 radical (unpaired) electrons. The summed E-state index contributed by atoms with van der Waals surface area (Å²) in [6, 6.07) is 3.51. The maximum Gasteiger partial charge on any atom is 0.241 e. The van der Waals surface area contributed by atoms with Gasteiger partial charge in [0.1, 0.15) is 0 Å². The second kappa shape index (κ2) is 7.41. The average molecular weight is 382 g/mol. The minimum atomic E-state index is -3.77. The standard InChI is InChI=1S/C11H16BrN3O3S2/c1-19-5-4-9(13)11(16)15-10-3-2-7(6-8(10)12)20(14,17)18/h2-3,6,9H,4-5,13H2,1H3,(H,15,16)(H2,14,17,18)/t9-/m1/s1. The van der Waals surface area contributed by atoms with Gasteiger partial charge in [-0.2, -0.15) is 11.8 Å². The molecule has 0 saturated carbocycles. The molecule has 1 rings (SSSR count). The minimum absolute atomic E-state index is 0.0333. The van der Waals surface area contributed by atoms with E-state index < -0.39 is 16.1 Å². The highest BCUT2D eigenvalue weighted by molar-refractivity contribution is 9.10. The number of hydrogen-bond acceptors (Lipinski definition) is 5. The number of primary sulfonamides is 1. The molecule has 0 saturated heterocycles. The first-order valence-electron chi connectivity index (χ1n) is 5.63. The summed E-state index contributed by atoms with van der Waals surface area (Å²) in [6.45, 7) is 0. The van der Waals surface area contributed by atoms with Gasteiger partial charge in [0.2, 0.25) is 15.9 Å². The Morgan fingerprint density at radius 2 is 2.15 bits per heavy atom. The van der Waals surface area contributed by atoms with Crippen molar-refractivity contribution in [2.24, 2.45) is 10.9 Å². The molecule has 1 amide bonds. The van der Waals surface area contributed by atoms with E-state index in [1.807, 2.05) is 6.26 Å². The van der Waals surface area contributed by atoms with Gasteiger partial charge in [0, 0.05) is 4.47 Å². The second-order valence-electron chi connectivity index (χ2n) is 4.06. The highest BCUT2D eigenvalue weighted by Crippen LogP contribution is 2.25. The lowest BCUT2D eigenvalue weighted by Gasteiger charge is -2.13. The Labute approximate surface area is 130 Å². The molecule has 0 aliphatic carbocycles. The van der Waals surface area contributed by atoms with Crippen LogP contribution < -0.4 is 16.2 Å². The molecular formula is C11H16BrN3O3S2. The number of amides is 1. The Balaban J connectivity index is 2.81. The van der Waals surface area contributed by atoms with Gasteiger partial charge in [0.05, 0.1) is 16.6 Å². The summed E-state index contributed by atoms with van der Waals surface area (Å²) < 4.78 is 22.8. The smallest absolute Gasteiger partial charge is 0.241 e. The van der Waals surface area contributed by atoms with E-state index in [9.17, 15) is 13.2 Å². The Kier molecular flexibility index (Phi) is 6.46.